The highest BCUT2D eigenvalue weighted by atomic mass is 16.5. The fraction of sp³-hybridized carbons (Fsp3) is 0.500. The third-order valence-corrected chi connectivity index (χ3v) is 4.11. The zero-order valence-electron chi connectivity index (χ0n) is 12.8. The highest BCUT2D eigenvalue weighted by Crippen LogP contribution is 2.39. The van der Waals surface area contributed by atoms with Crippen LogP contribution in [0.3, 0.4) is 0 Å². The molecule has 120 valence electrons. The van der Waals surface area contributed by atoms with Gasteiger partial charge < -0.3 is 19.9 Å². The zero-order chi connectivity index (χ0) is 16.2. The van der Waals surface area contributed by atoms with Crippen molar-refractivity contribution in [2.75, 3.05) is 13.2 Å². The molecule has 22 heavy (non-hydrogen) atoms. The van der Waals surface area contributed by atoms with Gasteiger partial charge in [-0.25, -0.2) is 4.79 Å². The largest absolute Gasteiger partial charge is 0.481 e. The number of amides is 1. The molecule has 1 aliphatic heterocycles. The van der Waals surface area contributed by atoms with Crippen LogP contribution in [-0.4, -0.2) is 35.9 Å². The molecule has 1 saturated heterocycles. The first-order valence-corrected chi connectivity index (χ1v) is 7.13. The average molecular weight is 307 g/mol. The van der Waals surface area contributed by atoms with Crippen molar-refractivity contribution < 1.29 is 24.2 Å². The summed E-state index contributed by atoms with van der Waals surface area (Å²) in [5, 5.41) is 11.9. The maximum Gasteiger partial charge on any atom is 0.408 e. The van der Waals surface area contributed by atoms with Crippen LogP contribution in [0.2, 0.25) is 0 Å². The zero-order valence-corrected chi connectivity index (χ0v) is 12.8. The average Bonchev–Trinajstić information content (AvgIpc) is 2.72. The number of rotatable bonds is 5. The van der Waals surface area contributed by atoms with E-state index in [1.165, 1.54) is 0 Å². The van der Waals surface area contributed by atoms with Crippen molar-refractivity contribution >= 4 is 12.1 Å². The molecule has 1 amide bonds. The van der Waals surface area contributed by atoms with Crippen LogP contribution in [0.5, 0.6) is 0 Å². The number of carbonyl (C=O) groups excluding carboxylic acids is 1. The van der Waals surface area contributed by atoms with E-state index in [0.29, 0.717) is 6.61 Å². The first-order valence-electron chi connectivity index (χ1n) is 7.13. The van der Waals surface area contributed by atoms with Crippen LogP contribution >= 0.6 is 0 Å². The lowest BCUT2D eigenvalue weighted by Gasteiger charge is -2.38. The summed E-state index contributed by atoms with van der Waals surface area (Å²) in [6.45, 7) is 4.43. The Labute approximate surface area is 129 Å². The molecule has 2 N–H and O–H groups in total. The number of ether oxygens (including phenoxy) is 2. The third-order valence-electron chi connectivity index (χ3n) is 4.11. The predicted octanol–water partition coefficient (Wildman–Crippen LogP) is 2.18. The molecule has 1 heterocycles. The quantitative estimate of drug-likeness (QED) is 0.871. The lowest BCUT2D eigenvalue weighted by molar-refractivity contribution is -0.139. The number of nitrogens with one attached hydrogen (secondary N) is 1. The number of alkyl carbamates (subject to hydrolysis) is 1. The number of benzene rings is 1. The van der Waals surface area contributed by atoms with E-state index in [1.807, 2.05) is 44.2 Å². The molecule has 6 nitrogen and oxygen atoms in total. The Balaban J connectivity index is 2.01. The summed E-state index contributed by atoms with van der Waals surface area (Å²) in [5.74, 6) is -0.984. The summed E-state index contributed by atoms with van der Waals surface area (Å²) in [7, 11) is 0. The Morgan fingerprint density at radius 3 is 2.50 bits per heavy atom. The minimum absolute atomic E-state index is 0.136. The first kappa shape index (κ1) is 16.3. The lowest BCUT2D eigenvalue weighted by Crippen LogP contribution is -2.59. The van der Waals surface area contributed by atoms with Crippen molar-refractivity contribution in [2.24, 2.45) is 5.41 Å². The second-order valence-electron chi connectivity index (χ2n) is 6.22. The number of aliphatic carboxylic acids is 1. The number of hydrogen-bond donors (Lipinski definition) is 2. The molecular formula is C16H21NO5. The number of carboxylic acids is 1. The van der Waals surface area contributed by atoms with Gasteiger partial charge in [0.25, 0.3) is 0 Å². The van der Waals surface area contributed by atoms with Gasteiger partial charge in [-0.1, -0.05) is 44.2 Å². The maximum atomic E-state index is 12.1. The Morgan fingerprint density at radius 2 is 1.95 bits per heavy atom. The Kier molecular flexibility index (Phi) is 4.71. The Hall–Kier alpha value is -2.08. The van der Waals surface area contributed by atoms with Crippen LogP contribution in [-0.2, 0) is 20.9 Å². The van der Waals surface area contributed by atoms with Gasteiger partial charge in [0, 0.05) is 5.41 Å². The maximum absolute atomic E-state index is 12.1. The van der Waals surface area contributed by atoms with Gasteiger partial charge in [0.05, 0.1) is 25.2 Å². The van der Waals surface area contributed by atoms with E-state index in [2.05, 4.69) is 5.32 Å². The highest BCUT2D eigenvalue weighted by molar-refractivity contribution is 5.73. The predicted molar refractivity (Wildman–Crippen MR) is 79.3 cm³/mol. The van der Waals surface area contributed by atoms with Crippen molar-refractivity contribution in [1.29, 1.82) is 0 Å². The van der Waals surface area contributed by atoms with Gasteiger partial charge in [0.1, 0.15) is 6.61 Å². The van der Waals surface area contributed by atoms with Crippen molar-refractivity contribution in [1.82, 2.24) is 5.32 Å². The van der Waals surface area contributed by atoms with Crippen molar-refractivity contribution in [2.45, 2.75) is 32.4 Å². The molecule has 0 bridgehead atoms. The van der Waals surface area contributed by atoms with Gasteiger partial charge in [-0.05, 0) is 5.56 Å². The van der Waals surface area contributed by atoms with E-state index in [-0.39, 0.29) is 19.6 Å². The van der Waals surface area contributed by atoms with Crippen LogP contribution in [0.15, 0.2) is 30.3 Å². The van der Waals surface area contributed by atoms with Gasteiger partial charge >= 0.3 is 12.1 Å². The Morgan fingerprint density at radius 1 is 1.27 bits per heavy atom. The van der Waals surface area contributed by atoms with Crippen LogP contribution in [0.4, 0.5) is 4.79 Å². The van der Waals surface area contributed by atoms with E-state index in [4.69, 9.17) is 14.6 Å². The molecule has 0 aromatic heterocycles. The molecule has 1 aromatic carbocycles. The monoisotopic (exact) mass is 307 g/mol. The third kappa shape index (κ3) is 3.57. The van der Waals surface area contributed by atoms with Crippen LogP contribution in [0, 0.1) is 5.41 Å². The van der Waals surface area contributed by atoms with Crippen molar-refractivity contribution in [3.63, 3.8) is 0 Å². The molecule has 2 rings (SSSR count). The normalized spacial score (nSPS) is 23.0. The van der Waals surface area contributed by atoms with Crippen molar-refractivity contribution in [3.8, 4) is 0 Å². The minimum Gasteiger partial charge on any atom is -0.481 e. The van der Waals surface area contributed by atoms with E-state index in [9.17, 15) is 9.59 Å². The number of hydrogen-bond acceptors (Lipinski definition) is 4. The van der Waals surface area contributed by atoms with Gasteiger partial charge in [0.2, 0.25) is 0 Å². The molecule has 1 aliphatic rings. The van der Waals surface area contributed by atoms with Crippen LogP contribution in [0.1, 0.15) is 25.8 Å². The standard InChI is InChI=1S/C16H21NO5/c1-15(2)10-21-11-16(15,8-13(18)19)17-14(20)22-9-12-6-4-3-5-7-12/h3-7H,8-11H2,1-2H3,(H,17,20)(H,18,19). The van der Waals surface area contributed by atoms with E-state index in [1.54, 1.807) is 0 Å². The summed E-state index contributed by atoms with van der Waals surface area (Å²) in [5.41, 5.74) is -0.587. The summed E-state index contributed by atoms with van der Waals surface area (Å²) >= 11 is 0. The topological polar surface area (TPSA) is 84.9 Å². The van der Waals surface area contributed by atoms with E-state index < -0.39 is 23.0 Å². The highest BCUT2D eigenvalue weighted by Gasteiger charge is 2.52. The number of carbonyl (C=O) groups is 2. The molecule has 1 atom stereocenters. The fourth-order valence-corrected chi connectivity index (χ4v) is 2.57. The van der Waals surface area contributed by atoms with Crippen molar-refractivity contribution in [3.05, 3.63) is 35.9 Å². The Bertz CT molecular complexity index is 543. The van der Waals surface area contributed by atoms with Gasteiger partial charge in [-0.3, -0.25) is 4.79 Å². The van der Waals surface area contributed by atoms with E-state index in [0.717, 1.165) is 5.56 Å². The van der Waals surface area contributed by atoms with Crippen LogP contribution in [0.25, 0.3) is 0 Å². The summed E-state index contributed by atoms with van der Waals surface area (Å²) in [4.78, 5) is 23.2. The molecule has 0 aliphatic carbocycles. The summed E-state index contributed by atoms with van der Waals surface area (Å²) in [6, 6.07) is 9.29. The second-order valence-corrected chi connectivity index (χ2v) is 6.22. The lowest BCUT2D eigenvalue weighted by atomic mass is 9.73. The van der Waals surface area contributed by atoms with Crippen LogP contribution < -0.4 is 5.32 Å². The molecule has 1 unspecified atom stereocenters. The smallest absolute Gasteiger partial charge is 0.408 e. The molecule has 1 fully saturated rings. The molecule has 6 heteroatoms. The molecule has 0 spiro atoms. The van der Waals surface area contributed by atoms with Gasteiger partial charge in [-0.15, -0.1) is 0 Å². The molecular weight excluding hydrogens is 286 g/mol. The molecule has 0 radical (unpaired) electrons. The second kappa shape index (κ2) is 6.36. The minimum atomic E-state index is -0.984. The molecule has 1 aromatic rings. The molecule has 0 saturated carbocycles. The fourth-order valence-electron chi connectivity index (χ4n) is 2.57. The number of carboxylic acid groups (broad SMARTS) is 1. The van der Waals surface area contributed by atoms with E-state index >= 15 is 0 Å². The van der Waals surface area contributed by atoms with Gasteiger partial charge in [0.15, 0.2) is 0 Å². The summed E-state index contributed by atoms with van der Waals surface area (Å²) in [6.07, 6.45) is -0.843. The SMILES string of the molecule is CC1(C)COCC1(CC(=O)O)NC(=O)OCc1ccccc1. The summed E-state index contributed by atoms with van der Waals surface area (Å²) < 4.78 is 10.6. The first-order chi connectivity index (χ1) is 10.3. The van der Waals surface area contributed by atoms with Gasteiger partial charge in [-0.2, -0.15) is 0 Å².